The van der Waals surface area contributed by atoms with E-state index in [4.69, 9.17) is 16.0 Å². The van der Waals surface area contributed by atoms with E-state index in [-0.39, 0.29) is 11.5 Å². The maximum atomic E-state index is 12.8. The van der Waals surface area contributed by atoms with Crippen LogP contribution in [0.4, 0.5) is 0 Å². The molecule has 0 aliphatic carbocycles. The Hall–Kier alpha value is -2.90. The molecule has 4 heterocycles. The third-order valence-electron chi connectivity index (χ3n) is 4.09. The molecule has 0 radical (unpaired) electrons. The van der Waals surface area contributed by atoms with Crippen molar-refractivity contribution < 1.29 is 9.21 Å². The molecule has 0 aliphatic rings. The van der Waals surface area contributed by atoms with Crippen molar-refractivity contribution in [2.24, 2.45) is 0 Å². The van der Waals surface area contributed by atoms with Gasteiger partial charge in [-0.25, -0.2) is 4.68 Å². The first kappa shape index (κ1) is 17.5. The van der Waals surface area contributed by atoms with E-state index >= 15 is 0 Å². The summed E-state index contributed by atoms with van der Waals surface area (Å²) < 4.78 is 7.07. The number of hydrogen-bond donors (Lipinski definition) is 1. The summed E-state index contributed by atoms with van der Waals surface area (Å²) in [5.74, 6) is -0.304. The van der Waals surface area contributed by atoms with E-state index in [2.05, 4.69) is 10.1 Å². The lowest BCUT2D eigenvalue weighted by molar-refractivity contribution is 0.0941. The highest BCUT2D eigenvalue weighted by atomic mass is 35.5. The summed E-state index contributed by atoms with van der Waals surface area (Å²) in [5, 5.41) is 4.40. The second-order valence-corrected chi connectivity index (χ2v) is 7.67. The second-order valence-electron chi connectivity index (χ2n) is 5.87. The molecule has 6 nitrogen and oxygen atoms in total. The van der Waals surface area contributed by atoms with E-state index in [1.54, 1.807) is 30.5 Å². The quantitative estimate of drug-likeness (QED) is 0.549. The van der Waals surface area contributed by atoms with Crippen molar-refractivity contribution in [2.45, 2.75) is 12.8 Å². The number of carbonyl (C=O) groups is 1. The van der Waals surface area contributed by atoms with Crippen molar-refractivity contribution in [2.75, 3.05) is 0 Å². The first-order valence-electron chi connectivity index (χ1n) is 8.20. The van der Waals surface area contributed by atoms with E-state index in [1.807, 2.05) is 12.1 Å². The maximum Gasteiger partial charge on any atom is 0.281 e. The molecule has 0 aliphatic heterocycles. The minimum absolute atomic E-state index is 0.255. The number of nitrogens with one attached hydrogen (secondary N) is 1. The maximum absolute atomic E-state index is 12.8. The van der Waals surface area contributed by atoms with Crippen LogP contribution in [-0.4, -0.2) is 20.7 Å². The molecule has 0 bridgehead atoms. The third-order valence-corrected chi connectivity index (χ3v) is 5.39. The molecule has 0 saturated heterocycles. The van der Waals surface area contributed by atoms with Crippen LogP contribution in [-0.2, 0) is 12.8 Å². The second kappa shape index (κ2) is 7.38. The zero-order chi connectivity index (χ0) is 18.8. The number of furan rings is 1. The van der Waals surface area contributed by atoms with Gasteiger partial charge in [0.15, 0.2) is 0 Å². The molecule has 0 aromatic carbocycles. The number of H-pyrrole nitrogens is 1. The Morgan fingerprint density at radius 1 is 1.26 bits per heavy atom. The minimum atomic E-state index is -0.304. The predicted molar refractivity (Wildman–Crippen MR) is 103 cm³/mol. The number of aryl methyl sites for hydroxylation is 2. The van der Waals surface area contributed by atoms with E-state index in [9.17, 15) is 9.59 Å². The minimum Gasteiger partial charge on any atom is -0.472 e. The predicted octanol–water partition coefficient (Wildman–Crippen LogP) is 4.02. The van der Waals surface area contributed by atoms with Gasteiger partial charge in [-0.3, -0.25) is 9.59 Å². The van der Waals surface area contributed by atoms with Gasteiger partial charge >= 0.3 is 0 Å². The highest BCUT2D eigenvalue weighted by molar-refractivity contribution is 7.16. The Balaban J connectivity index is 1.72. The number of carbonyl (C=O) groups excluding carboxylic acids is 1. The van der Waals surface area contributed by atoms with Gasteiger partial charge in [-0.2, -0.15) is 5.10 Å². The SMILES string of the molecule is O=C(c1ccoc1)n1nc(-c2ccc[nH]c2=O)cc1CCc1ccc(Cl)s1. The first-order chi connectivity index (χ1) is 13.1. The molecule has 1 N–H and O–H groups in total. The fourth-order valence-electron chi connectivity index (χ4n) is 2.77. The van der Waals surface area contributed by atoms with Gasteiger partial charge in [-0.05, 0) is 49.2 Å². The van der Waals surface area contributed by atoms with Gasteiger partial charge in [0, 0.05) is 16.8 Å². The number of aromatic nitrogens is 3. The van der Waals surface area contributed by atoms with Gasteiger partial charge in [-0.1, -0.05) is 11.6 Å². The van der Waals surface area contributed by atoms with Crippen molar-refractivity contribution in [1.29, 1.82) is 0 Å². The monoisotopic (exact) mass is 399 g/mol. The Kier molecular flexibility index (Phi) is 4.79. The average molecular weight is 400 g/mol. The molecule has 0 unspecified atom stereocenters. The molecule has 4 rings (SSSR count). The summed E-state index contributed by atoms with van der Waals surface area (Å²) >= 11 is 7.50. The van der Waals surface area contributed by atoms with Gasteiger partial charge in [0.2, 0.25) is 0 Å². The van der Waals surface area contributed by atoms with Crippen LogP contribution in [0.1, 0.15) is 20.9 Å². The van der Waals surface area contributed by atoms with Gasteiger partial charge in [-0.15, -0.1) is 11.3 Å². The van der Waals surface area contributed by atoms with Crippen LogP contribution in [0.25, 0.3) is 11.3 Å². The molecule has 0 spiro atoms. The van der Waals surface area contributed by atoms with Crippen LogP contribution in [0.15, 0.2) is 64.3 Å². The topological polar surface area (TPSA) is 80.9 Å². The average Bonchev–Trinajstić information content (AvgIpc) is 3.41. The standard InChI is InChI=1S/C19H14ClN3O3S/c20-17-6-5-14(27-17)4-3-13-10-16(15-2-1-8-21-18(15)24)22-23(13)19(25)12-7-9-26-11-12/h1-2,5-11H,3-4H2,(H,21,24). The summed E-state index contributed by atoms with van der Waals surface area (Å²) in [5.41, 5.74) is 1.72. The molecule has 136 valence electrons. The lowest BCUT2D eigenvalue weighted by Gasteiger charge is -2.04. The van der Waals surface area contributed by atoms with Crippen molar-refractivity contribution >= 4 is 28.8 Å². The van der Waals surface area contributed by atoms with Crippen molar-refractivity contribution in [3.05, 3.63) is 85.9 Å². The smallest absolute Gasteiger partial charge is 0.281 e. The molecule has 0 fully saturated rings. The van der Waals surface area contributed by atoms with E-state index < -0.39 is 0 Å². The number of rotatable bonds is 5. The summed E-state index contributed by atoms with van der Waals surface area (Å²) in [6, 6.07) is 10.6. The Morgan fingerprint density at radius 3 is 2.85 bits per heavy atom. The van der Waals surface area contributed by atoms with E-state index in [0.29, 0.717) is 35.4 Å². The molecule has 0 amide bonds. The van der Waals surface area contributed by atoms with Crippen LogP contribution in [0.5, 0.6) is 0 Å². The first-order valence-corrected chi connectivity index (χ1v) is 9.39. The van der Waals surface area contributed by atoms with Crippen molar-refractivity contribution in [3.63, 3.8) is 0 Å². The molecule has 27 heavy (non-hydrogen) atoms. The van der Waals surface area contributed by atoms with Crippen molar-refractivity contribution in [3.8, 4) is 11.3 Å². The molecule has 0 atom stereocenters. The van der Waals surface area contributed by atoms with Crippen LogP contribution >= 0.6 is 22.9 Å². The molecular weight excluding hydrogens is 386 g/mol. The highest BCUT2D eigenvalue weighted by Crippen LogP contribution is 2.24. The molecule has 4 aromatic heterocycles. The van der Waals surface area contributed by atoms with E-state index in [1.165, 1.54) is 28.5 Å². The largest absolute Gasteiger partial charge is 0.472 e. The van der Waals surface area contributed by atoms with Crippen molar-refractivity contribution in [1.82, 2.24) is 14.8 Å². The lowest BCUT2D eigenvalue weighted by Crippen LogP contribution is -2.16. The number of hydrogen-bond acceptors (Lipinski definition) is 5. The summed E-state index contributed by atoms with van der Waals surface area (Å²) in [7, 11) is 0. The Bertz CT molecular complexity index is 1140. The number of pyridine rings is 1. The number of thiophene rings is 1. The number of nitrogens with zero attached hydrogens (tertiary/aromatic N) is 2. The number of halogens is 1. The third kappa shape index (κ3) is 3.65. The van der Waals surface area contributed by atoms with Gasteiger partial charge in [0.05, 0.1) is 27.4 Å². The Labute approximate surface area is 163 Å². The van der Waals surface area contributed by atoms with Gasteiger partial charge in [0.1, 0.15) is 6.26 Å². The lowest BCUT2D eigenvalue weighted by atomic mass is 10.1. The molecule has 4 aromatic rings. The fraction of sp³-hybridized carbons (Fsp3) is 0.105. The van der Waals surface area contributed by atoms with Crippen LogP contribution in [0.3, 0.4) is 0 Å². The van der Waals surface area contributed by atoms with Crippen LogP contribution < -0.4 is 5.56 Å². The van der Waals surface area contributed by atoms with Gasteiger partial charge in [0.25, 0.3) is 11.5 Å². The van der Waals surface area contributed by atoms with Crippen LogP contribution in [0.2, 0.25) is 4.34 Å². The molecule has 8 heteroatoms. The fourth-order valence-corrected chi connectivity index (χ4v) is 3.86. The molecule has 0 saturated carbocycles. The molecular formula is C19H14ClN3O3S. The van der Waals surface area contributed by atoms with Gasteiger partial charge < -0.3 is 9.40 Å². The Morgan fingerprint density at radius 2 is 2.15 bits per heavy atom. The normalized spacial score (nSPS) is 11.0. The number of aromatic amines is 1. The summed E-state index contributed by atoms with van der Waals surface area (Å²) in [6.45, 7) is 0. The zero-order valence-corrected chi connectivity index (χ0v) is 15.6. The highest BCUT2D eigenvalue weighted by Gasteiger charge is 2.19. The van der Waals surface area contributed by atoms with E-state index in [0.717, 1.165) is 9.21 Å². The zero-order valence-electron chi connectivity index (χ0n) is 14.0. The summed E-state index contributed by atoms with van der Waals surface area (Å²) in [6.07, 6.45) is 5.67. The summed E-state index contributed by atoms with van der Waals surface area (Å²) in [4.78, 5) is 28.7. The van der Waals surface area contributed by atoms with Crippen LogP contribution in [0, 0.1) is 0 Å².